The first-order valence-electron chi connectivity index (χ1n) is 19.5. The number of ether oxygens (including phenoxy) is 6. The van der Waals surface area contributed by atoms with Gasteiger partial charge in [0.2, 0.25) is 13.6 Å². The van der Waals surface area contributed by atoms with Gasteiger partial charge in [0.15, 0.2) is 35.2 Å². The van der Waals surface area contributed by atoms with Crippen LogP contribution in [0.4, 0.5) is 11.4 Å². The van der Waals surface area contributed by atoms with Crippen LogP contribution in [-0.2, 0) is 19.1 Å². The van der Waals surface area contributed by atoms with E-state index in [1.807, 2.05) is 0 Å². The zero-order chi connectivity index (χ0) is 36.7. The van der Waals surface area contributed by atoms with Crippen molar-refractivity contribution in [2.45, 2.75) is 153 Å². The van der Waals surface area contributed by atoms with Gasteiger partial charge < -0.3 is 49.9 Å². The zero-order valence-electron chi connectivity index (χ0n) is 30.9. The predicted molar refractivity (Wildman–Crippen MR) is 199 cm³/mol. The monoisotopic (exact) mass is 725 g/mol. The van der Waals surface area contributed by atoms with Gasteiger partial charge in [-0.05, 0) is 62.8 Å². The van der Waals surface area contributed by atoms with Crippen LogP contribution in [-0.4, -0.2) is 67.1 Å². The van der Waals surface area contributed by atoms with E-state index in [0.29, 0.717) is 29.7 Å². The number of epoxide rings is 2. The summed E-state index contributed by atoms with van der Waals surface area (Å²) >= 11 is 0. The fraction of sp³-hybridized carbons (Fsp3) is 0.650. The largest absolute Gasteiger partial charge is 0.479 e. The molecule has 4 fully saturated rings. The zero-order valence-corrected chi connectivity index (χ0v) is 30.9. The molecule has 288 valence electrons. The Kier molecular flexibility index (Phi) is 15.5. The van der Waals surface area contributed by atoms with E-state index in [-0.39, 0.29) is 31.0 Å². The third-order valence-electron chi connectivity index (χ3n) is 10.1. The summed E-state index contributed by atoms with van der Waals surface area (Å²) in [6.45, 7) is 4.75. The lowest BCUT2D eigenvalue weighted by Gasteiger charge is -2.30. The van der Waals surface area contributed by atoms with Crippen molar-refractivity contribution in [1.82, 2.24) is 5.32 Å². The van der Waals surface area contributed by atoms with Gasteiger partial charge in [0.1, 0.15) is 0 Å². The number of amides is 1. The second-order valence-corrected chi connectivity index (χ2v) is 14.3. The first-order chi connectivity index (χ1) is 25.3. The number of nitrogens with one attached hydrogen (secondary N) is 2. The van der Waals surface area contributed by atoms with Crippen molar-refractivity contribution < 1.29 is 43.1 Å². The molecule has 4 aliphatic heterocycles. The number of hydrogen-bond acceptors (Lipinski definition) is 10. The van der Waals surface area contributed by atoms with E-state index < -0.39 is 12.1 Å². The molecule has 2 aromatic carbocycles. The van der Waals surface area contributed by atoms with Gasteiger partial charge in [-0.15, -0.1) is 0 Å². The number of aliphatic carboxylic acids is 1. The van der Waals surface area contributed by atoms with Crippen molar-refractivity contribution in [1.29, 1.82) is 0 Å². The average molecular weight is 726 g/mol. The van der Waals surface area contributed by atoms with Gasteiger partial charge >= 0.3 is 5.97 Å². The average Bonchev–Trinajstić information content (AvgIpc) is 4.02. The van der Waals surface area contributed by atoms with Gasteiger partial charge in [-0.1, -0.05) is 78.1 Å². The highest BCUT2D eigenvalue weighted by Gasteiger charge is 2.45. The molecule has 12 heteroatoms. The molecular weight excluding hydrogens is 666 g/mol. The van der Waals surface area contributed by atoms with Crippen LogP contribution in [0.15, 0.2) is 36.4 Å². The topological polar surface area (TPSA) is 166 Å². The van der Waals surface area contributed by atoms with Gasteiger partial charge in [0.25, 0.3) is 5.91 Å². The molecule has 1 amide bonds. The van der Waals surface area contributed by atoms with E-state index in [0.717, 1.165) is 62.1 Å². The molecule has 2 saturated heterocycles. The summed E-state index contributed by atoms with van der Waals surface area (Å²) in [5, 5.41) is 15.1. The van der Waals surface area contributed by atoms with E-state index in [1.54, 1.807) is 36.4 Å². The summed E-state index contributed by atoms with van der Waals surface area (Å²) in [5.41, 5.74) is 6.90. The van der Waals surface area contributed by atoms with Gasteiger partial charge in [0.05, 0.1) is 12.2 Å². The van der Waals surface area contributed by atoms with Crippen molar-refractivity contribution in [3.05, 3.63) is 36.4 Å². The molecule has 4 heterocycles. The number of nitrogens with two attached hydrogens (primary N) is 1. The Morgan fingerprint density at radius 1 is 0.692 bits per heavy atom. The number of unbranched alkanes of at least 4 members (excludes halogenated alkanes) is 2. The summed E-state index contributed by atoms with van der Waals surface area (Å²) in [6.07, 6.45) is 20.1. The summed E-state index contributed by atoms with van der Waals surface area (Å²) in [4.78, 5) is 22.2. The second kappa shape index (κ2) is 20.5. The summed E-state index contributed by atoms with van der Waals surface area (Å²) in [6, 6.07) is 12.4. The predicted octanol–water partition coefficient (Wildman–Crippen LogP) is 7.58. The molecule has 52 heavy (non-hydrogen) atoms. The maximum Gasteiger partial charge on any atom is 0.335 e. The van der Waals surface area contributed by atoms with Crippen molar-refractivity contribution >= 4 is 23.3 Å². The molecule has 2 aliphatic carbocycles. The molecule has 0 spiro atoms. The molecule has 8 rings (SSSR count). The summed E-state index contributed by atoms with van der Waals surface area (Å²) in [7, 11) is 0. The Balaban J connectivity index is 0.000000140. The minimum absolute atomic E-state index is 0.0115. The molecule has 2 aromatic rings. The Morgan fingerprint density at radius 3 is 1.73 bits per heavy atom. The number of carboxylic acids is 1. The van der Waals surface area contributed by atoms with Crippen LogP contribution in [0.3, 0.4) is 0 Å². The fourth-order valence-corrected chi connectivity index (χ4v) is 6.96. The highest BCUT2D eigenvalue weighted by molar-refractivity contribution is 5.96. The minimum atomic E-state index is -0.818. The maximum absolute atomic E-state index is 11.9. The van der Waals surface area contributed by atoms with Crippen molar-refractivity contribution in [3.63, 3.8) is 0 Å². The first kappa shape index (κ1) is 39.5. The number of carbonyl (C=O) groups is 2. The summed E-state index contributed by atoms with van der Waals surface area (Å²) in [5.74, 6) is 1.98. The first-order valence-corrected chi connectivity index (χ1v) is 19.5. The number of hydrogen-bond donors (Lipinski definition) is 4. The van der Waals surface area contributed by atoms with Gasteiger partial charge in [0, 0.05) is 35.6 Å². The van der Waals surface area contributed by atoms with Crippen LogP contribution >= 0.6 is 0 Å². The van der Waals surface area contributed by atoms with Crippen molar-refractivity contribution in [2.75, 3.05) is 24.6 Å². The Bertz CT molecular complexity index is 1400. The molecule has 2 saturated carbocycles. The molecule has 0 bridgehead atoms. The van der Waals surface area contributed by atoms with Crippen molar-refractivity contribution in [3.8, 4) is 23.0 Å². The number of carbonyl (C=O) groups excluding carboxylic acids is 1. The third-order valence-corrected chi connectivity index (χ3v) is 10.1. The standard InChI is InChI=1S/C14H17NO4.C12H23N.C7H7NO2.C7H12O3/c1-2-3-4-11-13(19-11)14(16)15-9-5-6-10-12(7-9)18-8-17-10;1-3-7-11(8-4-1)13-12-9-5-2-6-10-12;8-5-1-2-6-7(3-5)10-4-9-6;1-2-3-4-5-6(10-5)7(8)9/h5-7,11,13H,2-4,8H2,1H3,(H,15,16);11-13H,1-10H2;1-3H,4,8H2;5-6H,2-4H2,1H3,(H,8,9)/t11-,13+;;;5-,6+/m1..1/s1. The molecule has 5 N–H and O–H groups in total. The number of fused-ring (bicyclic) bond motifs is 2. The second-order valence-electron chi connectivity index (χ2n) is 14.3. The van der Waals surface area contributed by atoms with E-state index in [9.17, 15) is 9.59 Å². The Labute approximate surface area is 308 Å². The van der Waals surface area contributed by atoms with E-state index in [2.05, 4.69) is 24.5 Å². The molecule has 0 unspecified atom stereocenters. The van der Waals surface area contributed by atoms with Crippen LogP contribution in [0.5, 0.6) is 23.0 Å². The van der Waals surface area contributed by atoms with Crippen LogP contribution in [0.25, 0.3) is 0 Å². The SMILES string of the molecule is C1CCC(NC2CCCCC2)CC1.CCCC[C@H]1O[C@@H]1C(=O)Nc1ccc2c(c1)OCO2.CCCC[C@H]1O[C@@H]1C(=O)O.Nc1ccc2c(c1)OCO2. The highest BCUT2D eigenvalue weighted by atomic mass is 16.7. The fourth-order valence-electron chi connectivity index (χ4n) is 6.96. The number of nitrogen functional groups attached to an aromatic ring is 1. The van der Waals surface area contributed by atoms with Crippen LogP contribution in [0.1, 0.15) is 117 Å². The number of benzene rings is 2. The maximum atomic E-state index is 11.9. The number of carboxylic acid groups (broad SMARTS) is 1. The number of anilines is 2. The van der Waals surface area contributed by atoms with E-state index in [1.165, 1.54) is 64.2 Å². The lowest BCUT2D eigenvalue weighted by atomic mass is 9.91. The molecule has 12 nitrogen and oxygen atoms in total. The third kappa shape index (κ3) is 12.7. The lowest BCUT2D eigenvalue weighted by Crippen LogP contribution is -2.40. The van der Waals surface area contributed by atoms with Crippen LogP contribution < -0.4 is 35.3 Å². The van der Waals surface area contributed by atoms with Crippen molar-refractivity contribution in [2.24, 2.45) is 0 Å². The van der Waals surface area contributed by atoms with Gasteiger partial charge in [-0.3, -0.25) is 4.79 Å². The normalized spacial score (nSPS) is 23.8. The van der Waals surface area contributed by atoms with Gasteiger partial charge in [-0.2, -0.15) is 0 Å². The lowest BCUT2D eigenvalue weighted by molar-refractivity contribution is -0.138. The Hall–Kier alpha value is -3.74. The quantitative estimate of drug-likeness (QED) is 0.133. The van der Waals surface area contributed by atoms with Crippen LogP contribution in [0.2, 0.25) is 0 Å². The smallest absolute Gasteiger partial charge is 0.335 e. The van der Waals surface area contributed by atoms with Gasteiger partial charge in [-0.25, -0.2) is 4.79 Å². The van der Waals surface area contributed by atoms with E-state index >= 15 is 0 Å². The van der Waals surface area contributed by atoms with E-state index in [4.69, 9.17) is 39.3 Å². The molecule has 0 aromatic heterocycles. The molecular formula is C40H59N3O9. The van der Waals surface area contributed by atoms with Crippen LogP contribution in [0, 0.1) is 0 Å². The highest BCUT2D eigenvalue weighted by Crippen LogP contribution is 2.36. The minimum Gasteiger partial charge on any atom is -0.479 e. The summed E-state index contributed by atoms with van der Waals surface area (Å²) < 4.78 is 30.9. The number of rotatable bonds is 11. The molecule has 6 aliphatic rings. The molecule has 4 atom stereocenters. The Morgan fingerprint density at radius 2 is 1.19 bits per heavy atom. The molecule has 0 radical (unpaired) electrons.